The molecule has 3 aromatic rings. The number of methoxy groups -OCH3 is 2. The molecule has 0 radical (unpaired) electrons. The number of aromatic amines is 1. The molecule has 3 N–H and O–H groups in total. The van der Waals surface area contributed by atoms with Crippen LogP contribution in [0.5, 0.6) is 11.5 Å². The Labute approximate surface area is 174 Å². The molecule has 8 heteroatoms. The number of nitrogens with one attached hydrogen (secondary N) is 2. The zero-order valence-corrected chi connectivity index (χ0v) is 17.1. The van der Waals surface area contributed by atoms with E-state index in [1.165, 1.54) is 0 Å². The molecular formula is C22H24N4O4. The first kappa shape index (κ1) is 19.8. The summed E-state index contributed by atoms with van der Waals surface area (Å²) in [6, 6.07) is 12.5. The van der Waals surface area contributed by atoms with E-state index in [-0.39, 0.29) is 18.8 Å². The van der Waals surface area contributed by atoms with Crippen molar-refractivity contribution in [1.82, 2.24) is 15.3 Å². The van der Waals surface area contributed by atoms with Gasteiger partial charge in [0.1, 0.15) is 34.8 Å². The molecule has 0 bridgehead atoms. The van der Waals surface area contributed by atoms with E-state index in [1.54, 1.807) is 27.3 Å². The van der Waals surface area contributed by atoms with Crippen molar-refractivity contribution < 1.29 is 19.4 Å². The summed E-state index contributed by atoms with van der Waals surface area (Å²) in [6.07, 6.45) is 0.271. The summed E-state index contributed by atoms with van der Waals surface area (Å²) in [4.78, 5) is 23.2. The number of carbonyl (C=O) groups is 1. The zero-order chi connectivity index (χ0) is 21.3. The second-order valence-corrected chi connectivity index (χ2v) is 6.91. The number of rotatable bonds is 7. The quantitative estimate of drug-likeness (QED) is 0.552. The predicted molar refractivity (Wildman–Crippen MR) is 115 cm³/mol. The summed E-state index contributed by atoms with van der Waals surface area (Å²) in [5, 5.41) is 12.8. The molecule has 8 nitrogen and oxygen atoms in total. The maximum absolute atomic E-state index is 13.5. The number of Topliss-reactive ketones (excluding diaryl/α,β-unsaturated/α-hetero) is 1. The number of para-hydroxylation sites is 2. The Kier molecular flexibility index (Phi) is 5.33. The fourth-order valence-electron chi connectivity index (χ4n) is 3.85. The van der Waals surface area contributed by atoms with Gasteiger partial charge in [-0.1, -0.05) is 12.1 Å². The minimum atomic E-state index is -0.586. The fourth-order valence-corrected chi connectivity index (χ4v) is 3.85. The number of carbonyl (C=O) groups excluding carboxylic acids is 1. The molecule has 2 aromatic carbocycles. The van der Waals surface area contributed by atoms with Crippen LogP contribution in [0.25, 0.3) is 16.6 Å². The van der Waals surface area contributed by atoms with Crippen LogP contribution in [-0.2, 0) is 4.79 Å². The SMILES string of the molecule is CNC1=C(c2nc3ccccc3[nH]2)C(=O)C(CCO)N1c1cc(OC)cc(OC)c1. The largest absolute Gasteiger partial charge is 0.497 e. The summed E-state index contributed by atoms with van der Waals surface area (Å²) < 4.78 is 10.8. The average molecular weight is 408 g/mol. The second kappa shape index (κ2) is 8.08. The van der Waals surface area contributed by atoms with Crippen molar-refractivity contribution in [1.29, 1.82) is 0 Å². The molecule has 156 valence electrons. The van der Waals surface area contributed by atoms with Gasteiger partial charge in [0.2, 0.25) is 0 Å². The number of aliphatic hydroxyl groups excluding tert-OH is 1. The number of aromatic nitrogens is 2. The summed E-state index contributed by atoms with van der Waals surface area (Å²) in [5.74, 6) is 2.19. The molecule has 0 saturated heterocycles. The third kappa shape index (κ3) is 3.25. The normalized spacial score (nSPS) is 16.5. The van der Waals surface area contributed by atoms with Crippen LogP contribution in [0.15, 0.2) is 48.3 Å². The van der Waals surface area contributed by atoms with Gasteiger partial charge in [0.15, 0.2) is 5.78 Å². The topological polar surface area (TPSA) is 99.7 Å². The summed E-state index contributed by atoms with van der Waals surface area (Å²) in [6.45, 7) is -0.127. The molecule has 0 fully saturated rings. The van der Waals surface area contributed by atoms with Crippen LogP contribution in [0, 0.1) is 0 Å². The highest BCUT2D eigenvalue weighted by atomic mass is 16.5. The van der Waals surface area contributed by atoms with E-state index < -0.39 is 6.04 Å². The third-order valence-electron chi connectivity index (χ3n) is 5.22. The van der Waals surface area contributed by atoms with Crippen molar-refractivity contribution in [2.75, 3.05) is 32.8 Å². The van der Waals surface area contributed by atoms with E-state index >= 15 is 0 Å². The van der Waals surface area contributed by atoms with Gasteiger partial charge >= 0.3 is 0 Å². The molecule has 0 saturated carbocycles. The lowest BCUT2D eigenvalue weighted by Gasteiger charge is -2.28. The van der Waals surface area contributed by atoms with Crippen molar-refractivity contribution >= 4 is 28.1 Å². The third-order valence-corrected chi connectivity index (χ3v) is 5.22. The molecule has 1 aromatic heterocycles. The lowest BCUT2D eigenvalue weighted by atomic mass is 10.1. The van der Waals surface area contributed by atoms with Crippen molar-refractivity contribution in [2.45, 2.75) is 12.5 Å². The fraction of sp³-hybridized carbons (Fsp3) is 0.273. The molecule has 0 amide bonds. The van der Waals surface area contributed by atoms with Gasteiger partial charge in [-0.25, -0.2) is 4.98 Å². The van der Waals surface area contributed by atoms with E-state index in [9.17, 15) is 9.90 Å². The molecule has 1 aliphatic heterocycles. The number of nitrogens with zero attached hydrogens (tertiary/aromatic N) is 2. The van der Waals surface area contributed by atoms with Crippen molar-refractivity contribution in [3.05, 3.63) is 54.1 Å². The highest BCUT2D eigenvalue weighted by molar-refractivity contribution is 6.28. The van der Waals surface area contributed by atoms with Gasteiger partial charge in [-0.15, -0.1) is 0 Å². The van der Waals surface area contributed by atoms with Crippen LogP contribution in [0.4, 0.5) is 5.69 Å². The first-order valence-electron chi connectivity index (χ1n) is 9.65. The van der Waals surface area contributed by atoms with Crippen LogP contribution in [0.3, 0.4) is 0 Å². The van der Waals surface area contributed by atoms with Gasteiger partial charge in [-0.3, -0.25) is 4.79 Å². The van der Waals surface area contributed by atoms with Crippen LogP contribution in [-0.4, -0.2) is 54.8 Å². The molecular weight excluding hydrogens is 384 g/mol. The molecule has 0 aliphatic carbocycles. The number of H-pyrrole nitrogens is 1. The average Bonchev–Trinajstić information content (AvgIpc) is 3.32. The Hall–Kier alpha value is -3.52. The van der Waals surface area contributed by atoms with Crippen LogP contribution in [0.1, 0.15) is 12.2 Å². The van der Waals surface area contributed by atoms with Crippen molar-refractivity contribution in [3.8, 4) is 11.5 Å². The Bertz CT molecular complexity index is 1070. The summed E-state index contributed by atoms with van der Waals surface area (Å²) in [5.41, 5.74) is 2.80. The van der Waals surface area contributed by atoms with Gasteiger partial charge in [0, 0.05) is 31.9 Å². The molecule has 1 atom stereocenters. The van der Waals surface area contributed by atoms with Gasteiger partial charge in [-0.2, -0.15) is 0 Å². The minimum absolute atomic E-state index is 0.116. The van der Waals surface area contributed by atoms with Crippen molar-refractivity contribution in [3.63, 3.8) is 0 Å². The molecule has 0 spiro atoms. The highest BCUT2D eigenvalue weighted by Crippen LogP contribution is 2.39. The first-order valence-corrected chi connectivity index (χ1v) is 9.65. The minimum Gasteiger partial charge on any atom is -0.497 e. The van der Waals surface area contributed by atoms with E-state index in [4.69, 9.17) is 9.47 Å². The zero-order valence-electron chi connectivity index (χ0n) is 17.1. The number of hydrogen-bond donors (Lipinski definition) is 3. The number of ketones is 1. The Morgan fingerprint density at radius 2 is 1.87 bits per heavy atom. The predicted octanol–water partition coefficient (Wildman–Crippen LogP) is 2.31. The Morgan fingerprint density at radius 1 is 1.17 bits per heavy atom. The van der Waals surface area contributed by atoms with E-state index in [2.05, 4.69) is 15.3 Å². The number of benzene rings is 2. The van der Waals surface area contributed by atoms with E-state index in [0.717, 1.165) is 11.0 Å². The smallest absolute Gasteiger partial charge is 0.193 e. The first-order chi connectivity index (χ1) is 14.6. The molecule has 2 heterocycles. The monoisotopic (exact) mass is 408 g/mol. The summed E-state index contributed by atoms with van der Waals surface area (Å²) in [7, 11) is 4.91. The Morgan fingerprint density at radius 3 is 2.47 bits per heavy atom. The number of fused-ring (bicyclic) bond motifs is 1. The van der Waals surface area contributed by atoms with Gasteiger partial charge < -0.3 is 29.8 Å². The van der Waals surface area contributed by atoms with Crippen LogP contribution in [0.2, 0.25) is 0 Å². The number of imidazole rings is 1. The number of anilines is 1. The van der Waals surface area contributed by atoms with Gasteiger partial charge in [0.25, 0.3) is 0 Å². The van der Waals surface area contributed by atoms with Crippen LogP contribution < -0.4 is 19.7 Å². The van der Waals surface area contributed by atoms with Crippen molar-refractivity contribution in [2.24, 2.45) is 0 Å². The number of hydrogen-bond acceptors (Lipinski definition) is 7. The van der Waals surface area contributed by atoms with E-state index in [1.807, 2.05) is 41.3 Å². The Balaban J connectivity index is 1.90. The standard InChI is InChI=1S/C22H24N4O4/c1-23-22-19(21-24-16-6-4-5-7-17(16)25-21)20(28)18(8-9-27)26(22)13-10-14(29-2)12-15(11-13)30-3/h4-7,10-12,18,23,27H,8-9H2,1-3H3,(H,24,25). The van der Waals surface area contributed by atoms with Crippen LogP contribution >= 0.6 is 0 Å². The van der Waals surface area contributed by atoms with Gasteiger partial charge in [0.05, 0.1) is 30.9 Å². The molecule has 1 aliphatic rings. The lowest BCUT2D eigenvalue weighted by molar-refractivity contribution is -0.114. The highest BCUT2D eigenvalue weighted by Gasteiger charge is 2.42. The molecule has 1 unspecified atom stereocenters. The number of aliphatic hydroxyl groups is 1. The number of ether oxygens (including phenoxy) is 2. The molecule has 4 rings (SSSR count). The maximum atomic E-state index is 13.5. The lowest BCUT2D eigenvalue weighted by Crippen LogP contribution is -2.38. The summed E-state index contributed by atoms with van der Waals surface area (Å²) >= 11 is 0. The second-order valence-electron chi connectivity index (χ2n) is 6.91. The maximum Gasteiger partial charge on any atom is 0.193 e. The van der Waals surface area contributed by atoms with Gasteiger partial charge in [-0.05, 0) is 18.6 Å². The van der Waals surface area contributed by atoms with E-state index in [0.29, 0.717) is 34.4 Å². The molecule has 30 heavy (non-hydrogen) atoms.